The van der Waals surface area contributed by atoms with Gasteiger partial charge < -0.3 is 8.98 Å². The highest BCUT2D eigenvalue weighted by Gasteiger charge is 2.23. The Morgan fingerprint density at radius 3 is 1.32 bits per heavy atom. The summed E-state index contributed by atoms with van der Waals surface area (Å²) in [6.07, 6.45) is 0. The molecule has 0 saturated carbocycles. The summed E-state index contributed by atoms with van der Waals surface area (Å²) in [5, 5.41) is 4.22. The number of furan rings is 1. The third kappa shape index (κ3) is 6.84. The van der Waals surface area contributed by atoms with Crippen molar-refractivity contribution in [2.24, 2.45) is 0 Å². The molecule has 0 fully saturated rings. The molecule has 5 nitrogen and oxygen atoms in total. The van der Waals surface area contributed by atoms with Crippen LogP contribution >= 0.6 is 0 Å². The Bertz CT molecular complexity index is 3900. The quantitative estimate of drug-likeness (QED) is 0.153. The van der Waals surface area contributed by atoms with E-state index in [2.05, 4.69) is 223 Å². The number of benzene rings is 10. The minimum Gasteiger partial charge on any atom is -0.454 e. The maximum Gasteiger partial charge on any atom is 0.164 e. The van der Waals surface area contributed by atoms with Crippen LogP contribution in [0.3, 0.4) is 0 Å². The molecule has 0 N–H and O–H groups in total. The van der Waals surface area contributed by atoms with E-state index in [1.54, 1.807) is 0 Å². The van der Waals surface area contributed by atoms with Gasteiger partial charge in [-0.2, -0.15) is 0 Å². The lowest BCUT2D eigenvalue weighted by atomic mass is 9.99. The van der Waals surface area contributed by atoms with Crippen LogP contribution in [0.15, 0.2) is 247 Å². The first-order valence-electron chi connectivity index (χ1n) is 22.9. The molecule has 13 rings (SSSR count). The van der Waals surface area contributed by atoms with Crippen LogP contribution in [0, 0.1) is 0 Å². The molecular weight excluding hydrogens is 829 g/mol. The van der Waals surface area contributed by atoms with Crippen molar-refractivity contribution in [1.82, 2.24) is 19.5 Å². The van der Waals surface area contributed by atoms with Gasteiger partial charge in [0.1, 0.15) is 5.58 Å². The van der Waals surface area contributed by atoms with Crippen molar-refractivity contribution in [3.05, 3.63) is 243 Å². The van der Waals surface area contributed by atoms with Gasteiger partial charge in [0.2, 0.25) is 0 Å². The van der Waals surface area contributed by atoms with Crippen molar-refractivity contribution in [1.29, 1.82) is 0 Å². The van der Waals surface area contributed by atoms with Gasteiger partial charge in [-0.15, -0.1) is 0 Å². The molecule has 0 radical (unpaired) electrons. The molecule has 3 aromatic heterocycles. The van der Waals surface area contributed by atoms with Crippen molar-refractivity contribution in [2.75, 3.05) is 0 Å². The van der Waals surface area contributed by atoms with E-state index in [9.17, 15) is 0 Å². The molecule has 0 unspecified atom stereocenters. The Morgan fingerprint density at radius 1 is 0.309 bits per heavy atom. The highest BCUT2D eigenvalue weighted by atomic mass is 16.3. The molecule has 0 saturated heterocycles. The van der Waals surface area contributed by atoms with Crippen molar-refractivity contribution < 1.29 is 4.42 Å². The van der Waals surface area contributed by atoms with Crippen molar-refractivity contribution >= 4 is 43.7 Å². The number of para-hydroxylation sites is 1. The first-order valence-corrected chi connectivity index (χ1v) is 22.9. The van der Waals surface area contributed by atoms with Gasteiger partial charge in [-0.1, -0.05) is 194 Å². The summed E-state index contributed by atoms with van der Waals surface area (Å²) in [4.78, 5) is 15.8. The minimum absolute atomic E-state index is 0.570. The lowest BCUT2D eigenvalue weighted by Crippen LogP contribution is -2.00. The van der Waals surface area contributed by atoms with Gasteiger partial charge in [-0.05, 0) is 93.0 Å². The van der Waals surface area contributed by atoms with Crippen LogP contribution in [0.1, 0.15) is 0 Å². The second kappa shape index (κ2) is 16.4. The summed E-state index contributed by atoms with van der Waals surface area (Å²) in [5.74, 6) is 1.76. The largest absolute Gasteiger partial charge is 0.454 e. The molecule has 0 amide bonds. The summed E-state index contributed by atoms with van der Waals surface area (Å²) in [7, 11) is 0. The fraction of sp³-hybridized carbons (Fsp3) is 0. The second-order valence-corrected chi connectivity index (χ2v) is 17.2. The molecule has 0 aliphatic rings. The number of fused-ring (bicyclic) bond motifs is 7. The van der Waals surface area contributed by atoms with Crippen LogP contribution in [-0.2, 0) is 0 Å². The zero-order chi connectivity index (χ0) is 45.0. The van der Waals surface area contributed by atoms with E-state index in [1.165, 1.54) is 16.7 Å². The molecule has 3 heterocycles. The average molecular weight is 869 g/mol. The number of aromatic nitrogens is 4. The van der Waals surface area contributed by atoms with Crippen LogP contribution in [0.25, 0.3) is 128 Å². The monoisotopic (exact) mass is 868 g/mol. The average Bonchev–Trinajstić information content (AvgIpc) is 3.98. The predicted octanol–water partition coefficient (Wildman–Crippen LogP) is 16.5. The van der Waals surface area contributed by atoms with E-state index < -0.39 is 0 Å². The summed E-state index contributed by atoms with van der Waals surface area (Å²) < 4.78 is 9.38. The first-order chi connectivity index (χ1) is 33.7. The van der Waals surface area contributed by atoms with E-state index in [0.29, 0.717) is 17.5 Å². The number of hydrogen-bond acceptors (Lipinski definition) is 4. The Labute approximate surface area is 392 Å². The molecule has 0 aliphatic carbocycles. The zero-order valence-electron chi connectivity index (χ0n) is 36.8. The standard InChI is InChI=1S/C63H40N4O/c1-4-16-41(17-5-1)45-22-12-23-46(38-45)44-32-34-51(35-33-44)67-56-30-11-10-28-52(56)53-36-37-54-58-55(29-15-31-57(58)68-60(54)59(53)67)63-65-61(49-26-13-24-47(39-49)42-18-6-2-7-19-42)64-62(66-63)50-27-14-25-48(40-50)43-20-8-3-9-21-43/h1-40H. The molecule has 68 heavy (non-hydrogen) atoms. The smallest absolute Gasteiger partial charge is 0.164 e. The van der Waals surface area contributed by atoms with E-state index in [1.807, 2.05) is 24.3 Å². The molecule has 0 aliphatic heterocycles. The van der Waals surface area contributed by atoms with Crippen LogP contribution in [0.5, 0.6) is 0 Å². The lowest BCUT2D eigenvalue weighted by molar-refractivity contribution is 0.671. The maximum absolute atomic E-state index is 7.04. The molecular formula is C63H40N4O. The number of nitrogens with zero attached hydrogens (tertiary/aromatic N) is 4. The van der Waals surface area contributed by atoms with Gasteiger partial charge in [0.25, 0.3) is 0 Å². The van der Waals surface area contributed by atoms with E-state index in [-0.39, 0.29) is 0 Å². The Balaban J connectivity index is 0.985. The van der Waals surface area contributed by atoms with E-state index >= 15 is 0 Å². The van der Waals surface area contributed by atoms with Crippen LogP contribution < -0.4 is 0 Å². The highest BCUT2D eigenvalue weighted by molar-refractivity contribution is 6.23. The fourth-order valence-corrected chi connectivity index (χ4v) is 9.79. The zero-order valence-corrected chi connectivity index (χ0v) is 36.8. The molecule has 13 aromatic rings. The summed E-state index contributed by atoms with van der Waals surface area (Å²) >= 11 is 0. The lowest BCUT2D eigenvalue weighted by Gasteiger charge is -2.11. The summed E-state index contributed by atoms with van der Waals surface area (Å²) in [6, 6.07) is 85.1. The maximum atomic E-state index is 7.04. The Morgan fingerprint density at radius 2 is 0.750 bits per heavy atom. The number of rotatable bonds is 8. The van der Waals surface area contributed by atoms with Crippen molar-refractivity contribution in [2.45, 2.75) is 0 Å². The molecule has 10 aromatic carbocycles. The van der Waals surface area contributed by atoms with E-state index in [4.69, 9.17) is 19.4 Å². The molecule has 0 bridgehead atoms. The minimum atomic E-state index is 0.570. The molecule has 0 spiro atoms. The van der Waals surface area contributed by atoms with Gasteiger partial charge in [-0.25, -0.2) is 15.0 Å². The Hall–Kier alpha value is -9.19. The van der Waals surface area contributed by atoms with Gasteiger partial charge >= 0.3 is 0 Å². The van der Waals surface area contributed by atoms with Gasteiger partial charge in [0, 0.05) is 43.9 Å². The van der Waals surface area contributed by atoms with Gasteiger partial charge in [-0.3, -0.25) is 0 Å². The Kier molecular flexibility index (Phi) is 9.43. The van der Waals surface area contributed by atoms with Crippen LogP contribution in [0.4, 0.5) is 0 Å². The third-order valence-corrected chi connectivity index (χ3v) is 13.1. The molecule has 0 atom stereocenters. The fourth-order valence-electron chi connectivity index (χ4n) is 9.79. The SMILES string of the molecule is c1ccc(-c2cccc(-c3ccc(-n4c5ccccc5c5ccc6c(oc7cccc(-c8nc(-c9cccc(-c%10ccccc%10)c9)nc(-c9cccc(-c%10ccccc%10)c9)n8)c76)c54)cc3)c2)cc1. The summed E-state index contributed by atoms with van der Waals surface area (Å²) in [5.41, 5.74) is 16.6. The van der Waals surface area contributed by atoms with E-state index in [0.717, 1.165) is 93.9 Å². The first kappa shape index (κ1) is 39.2. The van der Waals surface area contributed by atoms with Gasteiger partial charge in [0.15, 0.2) is 23.1 Å². The van der Waals surface area contributed by atoms with Crippen molar-refractivity contribution in [3.8, 4) is 84.4 Å². The van der Waals surface area contributed by atoms with Gasteiger partial charge in [0.05, 0.1) is 11.0 Å². The van der Waals surface area contributed by atoms with Crippen molar-refractivity contribution in [3.63, 3.8) is 0 Å². The topological polar surface area (TPSA) is 56.7 Å². The summed E-state index contributed by atoms with van der Waals surface area (Å²) in [6.45, 7) is 0. The highest BCUT2D eigenvalue weighted by Crippen LogP contribution is 2.43. The molecule has 318 valence electrons. The van der Waals surface area contributed by atoms with Crippen LogP contribution in [0.2, 0.25) is 0 Å². The predicted molar refractivity (Wildman–Crippen MR) is 279 cm³/mol. The molecule has 5 heteroatoms. The van der Waals surface area contributed by atoms with Crippen LogP contribution in [-0.4, -0.2) is 19.5 Å². The number of hydrogen-bond donors (Lipinski definition) is 0. The second-order valence-electron chi connectivity index (χ2n) is 17.2. The normalized spacial score (nSPS) is 11.5. The third-order valence-electron chi connectivity index (χ3n) is 13.1.